The molecule has 0 saturated carbocycles. The number of benzene rings is 3. The van der Waals surface area contributed by atoms with Crippen molar-refractivity contribution in [2.75, 3.05) is 4.90 Å². The van der Waals surface area contributed by atoms with Gasteiger partial charge in [-0.15, -0.1) is 0 Å². The lowest BCUT2D eigenvalue weighted by atomic mass is 9.85. The van der Waals surface area contributed by atoms with Gasteiger partial charge in [0.2, 0.25) is 0 Å². The standard InChI is InChI=1S/C27H23BrClNO3/c28-21-9-12-24-23(14-21)27(33,26(32)30(24)16-17-5-10-22(29)11-6-17)15-25(31)20-8-7-18-3-1-2-4-19(18)13-20/h5-14,33H,1-4,15-16H2. The topological polar surface area (TPSA) is 57.6 Å². The maximum atomic E-state index is 13.5. The molecule has 0 fully saturated rings. The van der Waals surface area contributed by atoms with Gasteiger partial charge in [-0.05, 0) is 78.8 Å². The van der Waals surface area contributed by atoms with Crippen LogP contribution in [0.25, 0.3) is 0 Å². The van der Waals surface area contributed by atoms with E-state index in [1.807, 2.05) is 36.4 Å². The Bertz CT molecular complexity index is 1260. The van der Waals surface area contributed by atoms with E-state index in [-0.39, 0.29) is 18.7 Å². The van der Waals surface area contributed by atoms with Gasteiger partial charge >= 0.3 is 0 Å². The van der Waals surface area contributed by atoms with E-state index in [1.165, 1.54) is 17.5 Å². The van der Waals surface area contributed by atoms with Crippen molar-refractivity contribution in [1.82, 2.24) is 0 Å². The highest BCUT2D eigenvalue weighted by Crippen LogP contribution is 2.45. The number of carbonyl (C=O) groups is 2. The van der Waals surface area contributed by atoms with Gasteiger partial charge in [0.05, 0.1) is 18.7 Å². The van der Waals surface area contributed by atoms with E-state index in [0.29, 0.717) is 21.8 Å². The molecule has 33 heavy (non-hydrogen) atoms. The molecule has 4 nitrogen and oxygen atoms in total. The molecule has 1 aliphatic heterocycles. The molecule has 1 atom stereocenters. The van der Waals surface area contributed by atoms with Crippen LogP contribution in [0.2, 0.25) is 5.02 Å². The third kappa shape index (κ3) is 4.14. The molecule has 168 valence electrons. The smallest absolute Gasteiger partial charge is 0.264 e. The van der Waals surface area contributed by atoms with Crippen LogP contribution in [0.3, 0.4) is 0 Å². The van der Waals surface area contributed by atoms with Crippen molar-refractivity contribution in [2.45, 2.75) is 44.2 Å². The van der Waals surface area contributed by atoms with Crippen LogP contribution in [0.4, 0.5) is 5.69 Å². The fourth-order valence-corrected chi connectivity index (χ4v) is 5.35. The maximum Gasteiger partial charge on any atom is 0.264 e. The number of nitrogens with zero attached hydrogens (tertiary/aromatic N) is 1. The summed E-state index contributed by atoms with van der Waals surface area (Å²) in [5.74, 6) is -0.727. The van der Waals surface area contributed by atoms with Crippen molar-refractivity contribution >= 4 is 44.9 Å². The summed E-state index contributed by atoms with van der Waals surface area (Å²) in [6.45, 7) is 0.278. The summed E-state index contributed by atoms with van der Waals surface area (Å²) >= 11 is 9.44. The van der Waals surface area contributed by atoms with E-state index in [0.717, 1.165) is 29.3 Å². The van der Waals surface area contributed by atoms with Crippen LogP contribution in [0.15, 0.2) is 65.1 Å². The largest absolute Gasteiger partial charge is 0.375 e. The molecule has 1 N–H and O–H groups in total. The highest BCUT2D eigenvalue weighted by atomic mass is 79.9. The molecule has 0 aromatic heterocycles. The average molecular weight is 525 g/mol. The monoisotopic (exact) mass is 523 g/mol. The van der Waals surface area contributed by atoms with Crippen molar-refractivity contribution < 1.29 is 14.7 Å². The van der Waals surface area contributed by atoms with Crippen molar-refractivity contribution in [2.24, 2.45) is 0 Å². The van der Waals surface area contributed by atoms with Crippen LogP contribution >= 0.6 is 27.5 Å². The third-order valence-corrected chi connectivity index (χ3v) is 7.38. The fourth-order valence-electron chi connectivity index (χ4n) is 4.86. The zero-order valence-corrected chi connectivity index (χ0v) is 20.3. The first-order chi connectivity index (χ1) is 15.8. The van der Waals surface area contributed by atoms with Gasteiger partial charge in [0.25, 0.3) is 5.91 Å². The lowest BCUT2D eigenvalue weighted by Crippen LogP contribution is -2.41. The summed E-state index contributed by atoms with van der Waals surface area (Å²) < 4.78 is 0.738. The molecule has 2 aliphatic rings. The predicted molar refractivity (Wildman–Crippen MR) is 133 cm³/mol. The second-order valence-corrected chi connectivity index (χ2v) is 10.2. The van der Waals surface area contributed by atoms with Crippen molar-refractivity contribution in [3.05, 3.63) is 98.0 Å². The number of carbonyl (C=O) groups excluding carboxylic acids is 2. The molecule has 5 rings (SSSR count). The molecule has 0 bridgehead atoms. The van der Waals surface area contributed by atoms with Crippen LogP contribution < -0.4 is 4.90 Å². The highest BCUT2D eigenvalue weighted by molar-refractivity contribution is 9.10. The first-order valence-corrected chi connectivity index (χ1v) is 12.3. The number of aryl methyl sites for hydroxylation is 2. The predicted octanol–water partition coefficient (Wildman–Crippen LogP) is 5.99. The highest BCUT2D eigenvalue weighted by Gasteiger charge is 2.51. The van der Waals surface area contributed by atoms with Crippen LogP contribution in [0.5, 0.6) is 0 Å². The molecule has 0 spiro atoms. The molecule has 1 unspecified atom stereocenters. The summed E-state index contributed by atoms with van der Waals surface area (Å²) in [5.41, 5.74) is 3.05. The second kappa shape index (κ2) is 8.71. The molecule has 3 aromatic rings. The summed E-state index contributed by atoms with van der Waals surface area (Å²) in [7, 11) is 0. The number of Topliss-reactive ketones (excluding diaryl/α,β-unsaturated/α-hetero) is 1. The molecule has 1 heterocycles. The van der Waals surface area contributed by atoms with Gasteiger partial charge in [0, 0.05) is 20.6 Å². The Morgan fingerprint density at radius 1 is 1.00 bits per heavy atom. The zero-order chi connectivity index (χ0) is 23.2. The van der Waals surface area contributed by atoms with E-state index in [1.54, 1.807) is 29.2 Å². The van der Waals surface area contributed by atoms with Gasteiger partial charge in [-0.25, -0.2) is 0 Å². The number of hydrogen-bond donors (Lipinski definition) is 1. The second-order valence-electron chi connectivity index (χ2n) is 8.83. The molecule has 0 saturated heterocycles. The van der Waals surface area contributed by atoms with Gasteiger partial charge in [-0.1, -0.05) is 51.8 Å². The first kappa shape index (κ1) is 22.3. The molecular weight excluding hydrogens is 502 g/mol. The number of amides is 1. The summed E-state index contributed by atoms with van der Waals surface area (Å²) in [4.78, 5) is 28.4. The lowest BCUT2D eigenvalue weighted by molar-refractivity contribution is -0.136. The van der Waals surface area contributed by atoms with Crippen molar-refractivity contribution in [1.29, 1.82) is 0 Å². The molecular formula is C27H23BrClNO3. The summed E-state index contributed by atoms with van der Waals surface area (Å²) in [5, 5.41) is 12.3. The number of anilines is 1. The zero-order valence-electron chi connectivity index (χ0n) is 18.0. The normalized spacial score (nSPS) is 19.4. The Morgan fingerprint density at radius 2 is 1.73 bits per heavy atom. The lowest BCUT2D eigenvalue weighted by Gasteiger charge is -2.23. The average Bonchev–Trinajstić information content (AvgIpc) is 3.01. The molecule has 6 heteroatoms. The number of aliphatic hydroxyl groups is 1. The fraction of sp³-hybridized carbons (Fsp3) is 0.259. The number of hydrogen-bond acceptors (Lipinski definition) is 3. The Balaban J connectivity index is 1.47. The summed E-state index contributed by atoms with van der Waals surface area (Å²) in [6, 6.07) is 18.4. The van der Waals surface area contributed by atoms with Crippen LogP contribution in [-0.2, 0) is 29.8 Å². The van der Waals surface area contributed by atoms with E-state index in [9.17, 15) is 14.7 Å². The number of ketones is 1. The minimum absolute atomic E-state index is 0.238. The van der Waals surface area contributed by atoms with Gasteiger partial charge in [0.15, 0.2) is 11.4 Å². The first-order valence-electron chi connectivity index (χ1n) is 11.1. The Morgan fingerprint density at radius 3 is 2.48 bits per heavy atom. The van der Waals surface area contributed by atoms with E-state index < -0.39 is 11.5 Å². The SMILES string of the molecule is O=C(CC1(O)C(=O)N(Cc2ccc(Cl)cc2)c2ccc(Br)cc21)c1ccc2c(c1)CCCC2. The van der Waals surface area contributed by atoms with Gasteiger partial charge in [-0.2, -0.15) is 0 Å². The van der Waals surface area contributed by atoms with E-state index >= 15 is 0 Å². The van der Waals surface area contributed by atoms with Crippen LogP contribution in [0, 0.1) is 0 Å². The molecule has 1 amide bonds. The number of halogens is 2. The van der Waals surface area contributed by atoms with E-state index in [2.05, 4.69) is 15.9 Å². The molecule has 0 radical (unpaired) electrons. The minimum Gasteiger partial charge on any atom is -0.375 e. The van der Waals surface area contributed by atoms with E-state index in [4.69, 9.17) is 11.6 Å². The van der Waals surface area contributed by atoms with Gasteiger partial charge in [0.1, 0.15) is 0 Å². The Hall–Kier alpha value is -2.47. The van der Waals surface area contributed by atoms with Gasteiger partial charge < -0.3 is 10.0 Å². The molecule has 1 aliphatic carbocycles. The number of rotatable bonds is 5. The quantitative estimate of drug-likeness (QED) is 0.417. The van der Waals surface area contributed by atoms with Crippen LogP contribution in [-0.4, -0.2) is 16.8 Å². The third-order valence-electron chi connectivity index (χ3n) is 6.63. The van der Waals surface area contributed by atoms with Crippen molar-refractivity contribution in [3.63, 3.8) is 0 Å². The molecule has 3 aromatic carbocycles. The number of fused-ring (bicyclic) bond motifs is 2. The van der Waals surface area contributed by atoms with Gasteiger partial charge in [-0.3, -0.25) is 9.59 Å². The van der Waals surface area contributed by atoms with Crippen molar-refractivity contribution in [3.8, 4) is 0 Å². The Labute approximate surface area is 206 Å². The summed E-state index contributed by atoms with van der Waals surface area (Å²) in [6.07, 6.45) is 3.99. The van der Waals surface area contributed by atoms with Crippen LogP contribution in [0.1, 0.15) is 51.9 Å². The minimum atomic E-state index is -1.92. The Kier molecular flexibility index (Phi) is 5.89. The maximum absolute atomic E-state index is 13.5.